The van der Waals surface area contributed by atoms with Crippen LogP contribution in [0, 0.1) is 0 Å². The molecule has 4 rings (SSSR count). The Balaban J connectivity index is 1.44. The van der Waals surface area contributed by atoms with Crippen LogP contribution in [0.3, 0.4) is 0 Å². The Kier molecular flexibility index (Phi) is 3.53. The molecule has 1 atom stereocenters. The van der Waals surface area contributed by atoms with Crippen molar-refractivity contribution in [1.82, 2.24) is 25.0 Å². The molecule has 1 saturated carbocycles. The maximum absolute atomic E-state index is 5.71. The number of aromatic nitrogens is 5. The molecule has 0 spiro atoms. The summed E-state index contributed by atoms with van der Waals surface area (Å²) < 4.78 is 7.43. The molecule has 1 aromatic carbocycles. The SMILES string of the molecule is C[C@@H](Nc1nnc(C2CCC2)o1)c1ccc(-n2cncn2)cc1. The predicted octanol–water partition coefficient (Wildman–Crippen LogP) is 3.09. The maximum Gasteiger partial charge on any atom is 0.315 e. The molecule has 7 nitrogen and oxygen atoms in total. The smallest absolute Gasteiger partial charge is 0.315 e. The van der Waals surface area contributed by atoms with Gasteiger partial charge in [0.1, 0.15) is 12.7 Å². The molecule has 0 bridgehead atoms. The fraction of sp³-hybridized carbons (Fsp3) is 0.375. The van der Waals surface area contributed by atoms with Crippen molar-refractivity contribution in [1.29, 1.82) is 0 Å². The van der Waals surface area contributed by atoms with Crippen molar-refractivity contribution >= 4 is 6.01 Å². The zero-order valence-corrected chi connectivity index (χ0v) is 12.9. The molecule has 0 unspecified atom stereocenters. The second-order valence-corrected chi connectivity index (χ2v) is 5.87. The Hall–Kier alpha value is -2.70. The van der Waals surface area contributed by atoms with E-state index in [0.717, 1.165) is 30.0 Å². The van der Waals surface area contributed by atoms with Gasteiger partial charge in [-0.15, -0.1) is 5.10 Å². The van der Waals surface area contributed by atoms with Gasteiger partial charge in [-0.25, -0.2) is 9.67 Å². The molecule has 23 heavy (non-hydrogen) atoms. The van der Waals surface area contributed by atoms with Gasteiger partial charge in [-0.1, -0.05) is 23.7 Å². The van der Waals surface area contributed by atoms with Gasteiger partial charge in [-0.3, -0.25) is 0 Å². The number of benzene rings is 1. The highest BCUT2D eigenvalue weighted by Gasteiger charge is 2.25. The van der Waals surface area contributed by atoms with Crippen LogP contribution in [0.15, 0.2) is 41.3 Å². The van der Waals surface area contributed by atoms with E-state index in [2.05, 4.69) is 44.7 Å². The standard InChI is InChI=1S/C16H18N6O/c1-11(19-16-21-20-15(23-16)13-3-2-4-13)12-5-7-14(8-6-12)22-10-17-9-18-22/h5-11,13H,2-4H2,1H3,(H,19,21)/t11-/m1/s1. The van der Waals surface area contributed by atoms with Crippen LogP contribution in [0.25, 0.3) is 5.69 Å². The molecule has 1 aliphatic rings. The number of rotatable bonds is 5. The van der Waals surface area contributed by atoms with Gasteiger partial charge in [0.15, 0.2) is 0 Å². The highest BCUT2D eigenvalue weighted by Crippen LogP contribution is 2.36. The first-order valence-electron chi connectivity index (χ1n) is 7.84. The van der Waals surface area contributed by atoms with Crippen molar-refractivity contribution in [3.8, 4) is 5.69 Å². The highest BCUT2D eigenvalue weighted by molar-refractivity contribution is 5.36. The fourth-order valence-corrected chi connectivity index (χ4v) is 2.64. The van der Waals surface area contributed by atoms with Crippen LogP contribution in [0.5, 0.6) is 0 Å². The van der Waals surface area contributed by atoms with E-state index >= 15 is 0 Å². The molecule has 0 radical (unpaired) electrons. The average Bonchev–Trinajstić information content (AvgIpc) is 3.18. The Morgan fingerprint density at radius 2 is 2.04 bits per heavy atom. The van der Waals surface area contributed by atoms with Crippen molar-refractivity contribution in [2.24, 2.45) is 0 Å². The zero-order valence-electron chi connectivity index (χ0n) is 12.9. The first-order chi connectivity index (χ1) is 11.3. The molecule has 1 fully saturated rings. The van der Waals surface area contributed by atoms with Gasteiger partial charge >= 0.3 is 6.01 Å². The maximum atomic E-state index is 5.71. The summed E-state index contributed by atoms with van der Waals surface area (Å²) in [7, 11) is 0. The summed E-state index contributed by atoms with van der Waals surface area (Å²) in [5.74, 6) is 1.21. The summed E-state index contributed by atoms with van der Waals surface area (Å²) in [4.78, 5) is 3.95. The Labute approximate surface area is 133 Å². The number of hydrogen-bond acceptors (Lipinski definition) is 6. The summed E-state index contributed by atoms with van der Waals surface area (Å²) in [6.07, 6.45) is 6.76. The average molecular weight is 310 g/mol. The van der Waals surface area contributed by atoms with E-state index in [1.54, 1.807) is 11.0 Å². The Bertz CT molecular complexity index is 760. The third-order valence-corrected chi connectivity index (χ3v) is 4.31. The second kappa shape index (κ2) is 5.83. The first kappa shape index (κ1) is 13.9. The Morgan fingerprint density at radius 3 is 2.70 bits per heavy atom. The summed E-state index contributed by atoms with van der Waals surface area (Å²) in [5.41, 5.74) is 2.11. The monoisotopic (exact) mass is 310 g/mol. The van der Waals surface area contributed by atoms with Gasteiger partial charge < -0.3 is 9.73 Å². The predicted molar refractivity (Wildman–Crippen MR) is 84.3 cm³/mol. The largest absolute Gasteiger partial charge is 0.408 e. The quantitative estimate of drug-likeness (QED) is 0.780. The molecule has 7 heteroatoms. The summed E-state index contributed by atoms with van der Waals surface area (Å²) in [5, 5.41) is 15.6. The molecule has 1 N–H and O–H groups in total. The minimum absolute atomic E-state index is 0.0782. The van der Waals surface area contributed by atoms with Gasteiger partial charge in [-0.2, -0.15) is 5.10 Å². The Morgan fingerprint density at radius 1 is 1.22 bits per heavy atom. The lowest BCUT2D eigenvalue weighted by Crippen LogP contribution is -2.09. The summed E-state index contributed by atoms with van der Waals surface area (Å²) in [6, 6.07) is 8.69. The van der Waals surface area contributed by atoms with Gasteiger partial charge in [0, 0.05) is 5.92 Å². The van der Waals surface area contributed by atoms with Crippen LogP contribution in [-0.2, 0) is 0 Å². The van der Waals surface area contributed by atoms with Crippen molar-refractivity contribution in [2.75, 3.05) is 5.32 Å². The molecule has 0 amide bonds. The van der Waals surface area contributed by atoms with Crippen LogP contribution in [-0.4, -0.2) is 25.0 Å². The minimum Gasteiger partial charge on any atom is -0.408 e. The van der Waals surface area contributed by atoms with Crippen molar-refractivity contribution in [3.05, 3.63) is 48.4 Å². The molecule has 3 aromatic rings. The number of nitrogens with one attached hydrogen (secondary N) is 1. The van der Waals surface area contributed by atoms with E-state index in [-0.39, 0.29) is 6.04 Å². The molecule has 1 aliphatic carbocycles. The van der Waals surface area contributed by atoms with E-state index in [0.29, 0.717) is 11.9 Å². The van der Waals surface area contributed by atoms with E-state index in [9.17, 15) is 0 Å². The van der Waals surface area contributed by atoms with E-state index in [4.69, 9.17) is 4.42 Å². The first-order valence-corrected chi connectivity index (χ1v) is 7.84. The van der Waals surface area contributed by atoms with Crippen molar-refractivity contribution in [2.45, 2.75) is 38.1 Å². The summed E-state index contributed by atoms with van der Waals surface area (Å²) >= 11 is 0. The molecule has 2 heterocycles. The van der Waals surface area contributed by atoms with Crippen LogP contribution in [0.1, 0.15) is 49.6 Å². The molecule has 2 aromatic heterocycles. The number of anilines is 1. The topological polar surface area (TPSA) is 81.7 Å². The molecule has 118 valence electrons. The normalized spacial score (nSPS) is 16.0. The highest BCUT2D eigenvalue weighted by atomic mass is 16.4. The van der Waals surface area contributed by atoms with Crippen molar-refractivity contribution < 1.29 is 4.42 Å². The minimum atomic E-state index is 0.0782. The van der Waals surface area contributed by atoms with Crippen molar-refractivity contribution in [3.63, 3.8) is 0 Å². The number of hydrogen-bond donors (Lipinski definition) is 1. The van der Waals surface area contributed by atoms with Gasteiger partial charge in [0.2, 0.25) is 5.89 Å². The summed E-state index contributed by atoms with van der Waals surface area (Å²) in [6.45, 7) is 2.07. The fourth-order valence-electron chi connectivity index (χ4n) is 2.64. The van der Waals surface area contributed by atoms with Crippen LogP contribution in [0.2, 0.25) is 0 Å². The molecular weight excluding hydrogens is 292 g/mol. The van der Waals surface area contributed by atoms with Gasteiger partial charge in [-0.05, 0) is 37.5 Å². The molecule has 0 aliphatic heterocycles. The van der Waals surface area contributed by atoms with Crippen LogP contribution < -0.4 is 5.32 Å². The zero-order chi connectivity index (χ0) is 15.6. The lowest BCUT2D eigenvalue weighted by Gasteiger charge is -2.20. The van der Waals surface area contributed by atoms with E-state index < -0.39 is 0 Å². The number of nitrogens with zero attached hydrogens (tertiary/aromatic N) is 5. The van der Waals surface area contributed by atoms with E-state index in [1.807, 2.05) is 12.1 Å². The molecular formula is C16H18N6O. The second-order valence-electron chi connectivity index (χ2n) is 5.87. The van der Waals surface area contributed by atoms with Crippen LogP contribution >= 0.6 is 0 Å². The lowest BCUT2D eigenvalue weighted by molar-refractivity contribution is 0.338. The van der Waals surface area contributed by atoms with Gasteiger partial charge in [0.25, 0.3) is 0 Å². The third-order valence-electron chi connectivity index (χ3n) is 4.31. The van der Waals surface area contributed by atoms with Gasteiger partial charge in [0.05, 0.1) is 11.7 Å². The van der Waals surface area contributed by atoms with E-state index in [1.165, 1.54) is 12.7 Å². The third kappa shape index (κ3) is 2.81. The molecule has 0 saturated heterocycles. The van der Waals surface area contributed by atoms with Crippen LogP contribution in [0.4, 0.5) is 6.01 Å². The lowest BCUT2D eigenvalue weighted by atomic mass is 9.85.